The Morgan fingerprint density at radius 2 is 2.00 bits per heavy atom. The quantitative estimate of drug-likeness (QED) is 0.626. The normalized spacial score (nSPS) is 14.5. The largest absolute Gasteiger partial charge is 0.481 e. The highest BCUT2D eigenvalue weighted by Gasteiger charge is 2.30. The number of nitrogens with two attached hydrogens (primary N) is 1. The fourth-order valence-corrected chi connectivity index (χ4v) is 3.34. The number of halogens is 1. The van der Waals surface area contributed by atoms with Gasteiger partial charge in [0.1, 0.15) is 11.6 Å². The van der Waals surface area contributed by atoms with Crippen LogP contribution in [0.4, 0.5) is 4.39 Å². The first-order valence-corrected chi connectivity index (χ1v) is 9.31. The molecule has 1 atom stereocenters. The van der Waals surface area contributed by atoms with Crippen LogP contribution in [-0.4, -0.2) is 49.3 Å². The van der Waals surface area contributed by atoms with Crippen LogP contribution in [-0.2, 0) is 11.2 Å². The lowest BCUT2D eigenvalue weighted by Crippen LogP contribution is -2.13. The molecular formula is C17H23FN4O3S. The summed E-state index contributed by atoms with van der Waals surface area (Å²) in [6, 6.07) is 6.21. The summed E-state index contributed by atoms with van der Waals surface area (Å²) in [5.74, 6) is 0.651. The van der Waals surface area contributed by atoms with Gasteiger partial charge in [0, 0.05) is 24.8 Å². The van der Waals surface area contributed by atoms with Crippen molar-refractivity contribution >= 4 is 17.7 Å². The van der Waals surface area contributed by atoms with Gasteiger partial charge in [0.15, 0.2) is 5.16 Å². The van der Waals surface area contributed by atoms with Crippen molar-refractivity contribution in [1.82, 2.24) is 14.8 Å². The van der Waals surface area contributed by atoms with Crippen LogP contribution >= 0.6 is 11.8 Å². The predicted octanol–water partition coefficient (Wildman–Crippen LogP) is 1.86. The average molecular weight is 382 g/mol. The zero-order valence-electron chi connectivity index (χ0n) is 14.5. The van der Waals surface area contributed by atoms with Gasteiger partial charge in [-0.05, 0) is 49.6 Å². The number of carboxylic acids is 1. The summed E-state index contributed by atoms with van der Waals surface area (Å²) in [6.45, 7) is 1.55. The van der Waals surface area contributed by atoms with E-state index in [1.165, 1.54) is 23.9 Å². The molecule has 142 valence electrons. The van der Waals surface area contributed by atoms with Crippen molar-refractivity contribution in [3.8, 4) is 5.69 Å². The Kier molecular flexibility index (Phi) is 7.55. The lowest BCUT2D eigenvalue weighted by molar-refractivity contribution is -0.134. The first kappa shape index (κ1) is 20.3. The van der Waals surface area contributed by atoms with Crippen LogP contribution < -0.4 is 5.73 Å². The highest BCUT2D eigenvalue weighted by atomic mass is 32.2. The molecule has 9 heteroatoms. The van der Waals surface area contributed by atoms with E-state index in [0.717, 1.165) is 31.3 Å². The van der Waals surface area contributed by atoms with E-state index < -0.39 is 5.97 Å². The van der Waals surface area contributed by atoms with Crippen molar-refractivity contribution < 1.29 is 19.4 Å². The average Bonchev–Trinajstić information content (AvgIpc) is 3.36. The van der Waals surface area contributed by atoms with Gasteiger partial charge in [-0.3, -0.25) is 9.36 Å². The number of nitrogens with zero attached hydrogens (tertiary/aromatic N) is 3. The monoisotopic (exact) mass is 382 g/mol. The van der Waals surface area contributed by atoms with Crippen LogP contribution in [0.5, 0.6) is 0 Å². The molecule has 1 unspecified atom stereocenters. The van der Waals surface area contributed by atoms with Crippen molar-refractivity contribution in [3.05, 3.63) is 35.9 Å². The van der Waals surface area contributed by atoms with Crippen molar-refractivity contribution in [2.24, 2.45) is 11.7 Å². The van der Waals surface area contributed by atoms with Crippen molar-refractivity contribution in [2.45, 2.75) is 37.4 Å². The lowest BCUT2D eigenvalue weighted by Gasteiger charge is -2.11. The number of benzene rings is 1. The predicted molar refractivity (Wildman–Crippen MR) is 96.8 cm³/mol. The van der Waals surface area contributed by atoms with E-state index in [0.29, 0.717) is 29.8 Å². The smallest absolute Gasteiger partial charge is 0.300 e. The van der Waals surface area contributed by atoms with Gasteiger partial charge in [0.2, 0.25) is 0 Å². The van der Waals surface area contributed by atoms with Crippen LogP contribution in [0.15, 0.2) is 29.4 Å². The lowest BCUT2D eigenvalue weighted by atomic mass is 10.3. The Labute approximate surface area is 155 Å². The third-order valence-corrected chi connectivity index (χ3v) is 4.73. The summed E-state index contributed by atoms with van der Waals surface area (Å²) in [7, 11) is 0. The molecule has 1 aliphatic carbocycles. The van der Waals surface area contributed by atoms with Crippen molar-refractivity contribution in [2.75, 3.05) is 12.3 Å². The number of carboxylic acid groups (broad SMARTS) is 1. The van der Waals surface area contributed by atoms with Crippen LogP contribution in [0.25, 0.3) is 5.69 Å². The first-order valence-electron chi connectivity index (χ1n) is 8.33. The third-order valence-electron chi connectivity index (χ3n) is 3.70. The SMILES string of the molecule is CC(=O)O.NCCc1nnc(SCC(O)C2CC2)n1-c1ccc(F)cc1. The third kappa shape index (κ3) is 6.08. The minimum absolute atomic E-state index is 0.282. The Morgan fingerprint density at radius 1 is 1.38 bits per heavy atom. The number of hydrogen-bond acceptors (Lipinski definition) is 6. The number of hydrogen-bond donors (Lipinski definition) is 3. The Hall–Kier alpha value is -1.97. The Bertz CT molecular complexity index is 715. The molecular weight excluding hydrogens is 359 g/mol. The minimum Gasteiger partial charge on any atom is -0.481 e. The molecule has 4 N–H and O–H groups in total. The van der Waals surface area contributed by atoms with Crippen molar-refractivity contribution in [3.63, 3.8) is 0 Å². The molecule has 0 radical (unpaired) electrons. The van der Waals surface area contributed by atoms with Gasteiger partial charge in [0.25, 0.3) is 5.97 Å². The standard InChI is InChI=1S/C15H19FN4OS.C2H4O2/c16-11-3-5-12(6-4-11)20-14(7-8-17)18-19-15(20)22-9-13(21)10-1-2-10;1-2(3)4/h3-6,10,13,21H,1-2,7-9,17H2;1H3,(H,3,4). The fraction of sp³-hybridized carbons (Fsp3) is 0.471. The molecule has 0 bridgehead atoms. The molecule has 0 amide bonds. The summed E-state index contributed by atoms with van der Waals surface area (Å²) in [5, 5.41) is 26.5. The number of aliphatic carboxylic acids is 1. The van der Waals surface area contributed by atoms with Gasteiger partial charge in [-0.2, -0.15) is 0 Å². The van der Waals surface area contributed by atoms with Gasteiger partial charge in [0.05, 0.1) is 6.10 Å². The van der Waals surface area contributed by atoms with Gasteiger partial charge in [-0.15, -0.1) is 10.2 Å². The van der Waals surface area contributed by atoms with E-state index in [1.54, 1.807) is 12.1 Å². The second-order valence-electron chi connectivity index (χ2n) is 5.98. The summed E-state index contributed by atoms with van der Waals surface area (Å²) in [4.78, 5) is 9.00. The molecule has 1 aromatic heterocycles. The molecule has 1 saturated carbocycles. The maximum Gasteiger partial charge on any atom is 0.300 e. The minimum atomic E-state index is -0.833. The van der Waals surface area contributed by atoms with Gasteiger partial charge in [-0.1, -0.05) is 11.8 Å². The highest BCUT2D eigenvalue weighted by molar-refractivity contribution is 7.99. The van der Waals surface area contributed by atoms with Crippen molar-refractivity contribution in [1.29, 1.82) is 0 Å². The number of rotatable bonds is 7. The molecule has 2 aromatic rings. The fourth-order valence-electron chi connectivity index (χ4n) is 2.31. The van der Waals surface area contributed by atoms with Crippen LogP contribution in [0, 0.1) is 11.7 Å². The summed E-state index contributed by atoms with van der Waals surface area (Å²) in [5.41, 5.74) is 6.43. The molecule has 1 aromatic carbocycles. The number of aromatic nitrogens is 3. The highest BCUT2D eigenvalue weighted by Crippen LogP contribution is 2.35. The van der Waals surface area contributed by atoms with E-state index >= 15 is 0 Å². The number of thioether (sulfide) groups is 1. The van der Waals surface area contributed by atoms with Crippen LogP contribution in [0.3, 0.4) is 0 Å². The van der Waals surface area contributed by atoms with Crippen LogP contribution in [0.2, 0.25) is 0 Å². The molecule has 1 aliphatic rings. The first-order chi connectivity index (χ1) is 12.4. The topological polar surface area (TPSA) is 114 Å². The Morgan fingerprint density at radius 3 is 2.54 bits per heavy atom. The number of aliphatic hydroxyl groups excluding tert-OH is 1. The molecule has 0 saturated heterocycles. The zero-order valence-corrected chi connectivity index (χ0v) is 15.3. The summed E-state index contributed by atoms with van der Waals surface area (Å²) >= 11 is 1.47. The molecule has 0 spiro atoms. The second-order valence-corrected chi connectivity index (χ2v) is 6.97. The van der Waals surface area contributed by atoms with E-state index in [4.69, 9.17) is 15.6 Å². The molecule has 0 aliphatic heterocycles. The zero-order chi connectivity index (χ0) is 19.1. The van der Waals surface area contributed by atoms with E-state index in [9.17, 15) is 9.50 Å². The molecule has 7 nitrogen and oxygen atoms in total. The number of carbonyl (C=O) groups is 1. The maximum atomic E-state index is 13.1. The molecule has 26 heavy (non-hydrogen) atoms. The van der Waals surface area contributed by atoms with Gasteiger partial charge in [-0.25, -0.2) is 4.39 Å². The van der Waals surface area contributed by atoms with E-state index in [2.05, 4.69) is 10.2 Å². The van der Waals surface area contributed by atoms with E-state index in [-0.39, 0.29) is 11.9 Å². The van der Waals surface area contributed by atoms with Gasteiger partial charge < -0.3 is 15.9 Å². The molecule has 1 heterocycles. The molecule has 3 rings (SSSR count). The summed E-state index contributed by atoms with van der Waals surface area (Å²) < 4.78 is 15.0. The summed E-state index contributed by atoms with van der Waals surface area (Å²) in [6.07, 6.45) is 2.49. The van der Waals surface area contributed by atoms with E-state index in [1.807, 2.05) is 4.57 Å². The van der Waals surface area contributed by atoms with Crippen LogP contribution in [0.1, 0.15) is 25.6 Å². The maximum absolute atomic E-state index is 13.1. The Balaban J connectivity index is 0.000000552. The molecule has 1 fully saturated rings. The van der Waals surface area contributed by atoms with Gasteiger partial charge >= 0.3 is 0 Å². The number of aliphatic hydroxyl groups is 1. The second kappa shape index (κ2) is 9.65.